The van der Waals surface area contributed by atoms with E-state index in [2.05, 4.69) is 5.32 Å². The molecule has 6 heteroatoms. The molecular formula is C13H17FN2O3. The van der Waals surface area contributed by atoms with Crippen LogP contribution in [-0.4, -0.2) is 48.8 Å². The predicted octanol–water partition coefficient (Wildman–Crippen LogP) is 0.693. The van der Waals surface area contributed by atoms with Crippen molar-refractivity contribution >= 4 is 5.97 Å². The highest BCUT2D eigenvalue weighted by atomic mass is 19.1. The van der Waals surface area contributed by atoms with Crippen LogP contribution in [0.4, 0.5) is 4.39 Å². The highest BCUT2D eigenvalue weighted by molar-refractivity contribution is 5.74. The Labute approximate surface area is 111 Å². The van der Waals surface area contributed by atoms with Crippen molar-refractivity contribution in [2.75, 3.05) is 26.7 Å². The number of nitrogens with one attached hydrogen (secondary N) is 1. The number of carbonyl (C=O) groups is 1. The van der Waals surface area contributed by atoms with Gasteiger partial charge in [0.05, 0.1) is 7.11 Å². The molecule has 1 saturated heterocycles. The Kier molecular flexibility index (Phi) is 4.34. The van der Waals surface area contributed by atoms with Gasteiger partial charge in [-0.2, -0.15) is 0 Å². The molecule has 0 aliphatic carbocycles. The van der Waals surface area contributed by atoms with Crippen molar-refractivity contribution in [3.8, 4) is 5.75 Å². The first-order chi connectivity index (χ1) is 9.13. The van der Waals surface area contributed by atoms with E-state index in [4.69, 9.17) is 9.84 Å². The molecule has 0 saturated carbocycles. The zero-order chi connectivity index (χ0) is 13.8. The van der Waals surface area contributed by atoms with E-state index in [1.165, 1.54) is 7.11 Å². The van der Waals surface area contributed by atoms with Crippen LogP contribution in [0.25, 0.3) is 0 Å². The summed E-state index contributed by atoms with van der Waals surface area (Å²) in [5.74, 6) is -1.14. The van der Waals surface area contributed by atoms with Crippen LogP contribution in [0.15, 0.2) is 18.2 Å². The maximum Gasteiger partial charge on any atom is 0.322 e. The van der Waals surface area contributed by atoms with Gasteiger partial charge in [0.2, 0.25) is 0 Å². The normalized spacial score (nSPS) is 20.2. The summed E-state index contributed by atoms with van der Waals surface area (Å²) in [7, 11) is 1.41. The highest BCUT2D eigenvalue weighted by Gasteiger charge is 2.28. The molecule has 1 aromatic carbocycles. The molecule has 0 radical (unpaired) electrons. The molecular weight excluding hydrogens is 251 g/mol. The minimum Gasteiger partial charge on any atom is -0.494 e. The van der Waals surface area contributed by atoms with E-state index in [1.807, 2.05) is 0 Å². The topological polar surface area (TPSA) is 61.8 Å². The summed E-state index contributed by atoms with van der Waals surface area (Å²) in [5, 5.41) is 12.2. The molecule has 104 valence electrons. The van der Waals surface area contributed by atoms with Crippen LogP contribution in [0.3, 0.4) is 0 Å². The second kappa shape index (κ2) is 5.99. The predicted molar refractivity (Wildman–Crippen MR) is 67.7 cm³/mol. The molecule has 1 unspecified atom stereocenters. The number of halogens is 1. The molecule has 1 atom stereocenters. The van der Waals surface area contributed by atoms with E-state index in [-0.39, 0.29) is 12.3 Å². The number of hydrogen-bond acceptors (Lipinski definition) is 4. The van der Waals surface area contributed by atoms with Gasteiger partial charge in [-0.1, -0.05) is 12.1 Å². The molecule has 1 aromatic rings. The zero-order valence-electron chi connectivity index (χ0n) is 10.7. The van der Waals surface area contributed by atoms with Crippen molar-refractivity contribution in [2.45, 2.75) is 12.6 Å². The fourth-order valence-electron chi connectivity index (χ4n) is 2.23. The number of nitrogens with zero attached hydrogens (tertiary/aromatic N) is 1. The van der Waals surface area contributed by atoms with Gasteiger partial charge >= 0.3 is 5.97 Å². The second-order valence-electron chi connectivity index (χ2n) is 4.46. The van der Waals surface area contributed by atoms with Crippen LogP contribution in [0.1, 0.15) is 5.56 Å². The maximum atomic E-state index is 14.0. The highest BCUT2D eigenvalue weighted by Crippen LogP contribution is 2.22. The van der Waals surface area contributed by atoms with Gasteiger partial charge in [-0.15, -0.1) is 0 Å². The van der Waals surface area contributed by atoms with Crippen LogP contribution in [-0.2, 0) is 11.3 Å². The number of ether oxygens (including phenoxy) is 1. The summed E-state index contributed by atoms with van der Waals surface area (Å²) in [5.41, 5.74) is 0.451. The molecule has 0 amide bonds. The van der Waals surface area contributed by atoms with Gasteiger partial charge in [0.15, 0.2) is 11.6 Å². The Balaban J connectivity index is 2.17. The Morgan fingerprint density at radius 2 is 2.42 bits per heavy atom. The van der Waals surface area contributed by atoms with Gasteiger partial charge in [-0.05, 0) is 6.07 Å². The molecule has 1 aliphatic heterocycles. The Morgan fingerprint density at radius 3 is 3.11 bits per heavy atom. The third-order valence-corrected chi connectivity index (χ3v) is 3.28. The lowest BCUT2D eigenvalue weighted by atomic mass is 10.1. The fraction of sp³-hybridized carbons (Fsp3) is 0.462. The number of hydrogen-bond donors (Lipinski definition) is 2. The van der Waals surface area contributed by atoms with Crippen molar-refractivity contribution in [3.63, 3.8) is 0 Å². The first kappa shape index (κ1) is 13.8. The lowest BCUT2D eigenvalue weighted by Gasteiger charge is -2.33. The molecule has 1 aliphatic rings. The molecule has 19 heavy (non-hydrogen) atoms. The van der Waals surface area contributed by atoms with E-state index in [9.17, 15) is 9.18 Å². The number of carboxylic acids is 1. The van der Waals surface area contributed by atoms with Crippen LogP contribution < -0.4 is 10.1 Å². The summed E-state index contributed by atoms with van der Waals surface area (Å²) in [6, 6.07) is 4.28. The van der Waals surface area contributed by atoms with Gasteiger partial charge in [0.25, 0.3) is 0 Å². The van der Waals surface area contributed by atoms with Gasteiger partial charge < -0.3 is 15.2 Å². The molecule has 2 N–H and O–H groups in total. The fourth-order valence-corrected chi connectivity index (χ4v) is 2.23. The number of carboxylic acid groups (broad SMARTS) is 1. The number of rotatable bonds is 4. The van der Waals surface area contributed by atoms with E-state index in [0.29, 0.717) is 25.2 Å². The molecule has 1 fully saturated rings. The van der Waals surface area contributed by atoms with Gasteiger partial charge in [0.1, 0.15) is 6.04 Å². The largest absolute Gasteiger partial charge is 0.494 e. The first-order valence-electron chi connectivity index (χ1n) is 6.12. The minimum absolute atomic E-state index is 0.180. The molecule has 0 aromatic heterocycles. The van der Waals surface area contributed by atoms with Gasteiger partial charge in [0, 0.05) is 31.7 Å². The number of aliphatic carboxylic acids is 1. The maximum absolute atomic E-state index is 14.0. The van der Waals surface area contributed by atoms with Crippen LogP contribution in [0, 0.1) is 5.82 Å². The minimum atomic E-state index is -0.893. The Morgan fingerprint density at radius 1 is 1.63 bits per heavy atom. The van der Waals surface area contributed by atoms with Crippen LogP contribution in [0.2, 0.25) is 0 Å². The van der Waals surface area contributed by atoms with Crippen molar-refractivity contribution in [1.82, 2.24) is 10.2 Å². The number of benzene rings is 1. The van der Waals surface area contributed by atoms with E-state index in [0.717, 1.165) is 0 Å². The SMILES string of the molecule is COc1cccc(CN2CCNCC2C(=O)O)c1F. The Bertz CT molecular complexity index is 467. The van der Waals surface area contributed by atoms with Crippen molar-refractivity contribution < 1.29 is 19.0 Å². The van der Waals surface area contributed by atoms with Crippen molar-refractivity contribution in [3.05, 3.63) is 29.6 Å². The molecule has 2 rings (SSSR count). The standard InChI is InChI=1S/C13H17FN2O3/c1-19-11-4-2-3-9(12(11)14)8-16-6-5-15-7-10(16)13(17)18/h2-4,10,15H,5-8H2,1H3,(H,17,18). The molecule has 5 nitrogen and oxygen atoms in total. The lowest BCUT2D eigenvalue weighted by molar-refractivity contribution is -0.144. The van der Waals surface area contributed by atoms with Gasteiger partial charge in [-0.25, -0.2) is 4.39 Å². The smallest absolute Gasteiger partial charge is 0.322 e. The van der Waals surface area contributed by atoms with Crippen LogP contribution >= 0.6 is 0 Å². The summed E-state index contributed by atoms with van der Waals surface area (Å²) in [6.07, 6.45) is 0. The second-order valence-corrected chi connectivity index (χ2v) is 4.46. The van der Waals surface area contributed by atoms with E-state index >= 15 is 0 Å². The molecule has 1 heterocycles. The lowest BCUT2D eigenvalue weighted by Crippen LogP contribution is -2.54. The summed E-state index contributed by atoms with van der Waals surface area (Å²) in [6.45, 7) is 1.92. The Hall–Kier alpha value is -1.66. The number of methoxy groups -OCH3 is 1. The van der Waals surface area contributed by atoms with Crippen molar-refractivity contribution in [2.24, 2.45) is 0 Å². The third kappa shape index (κ3) is 3.02. The van der Waals surface area contributed by atoms with Crippen molar-refractivity contribution in [1.29, 1.82) is 0 Å². The number of piperazine rings is 1. The quantitative estimate of drug-likeness (QED) is 0.841. The molecule has 0 bridgehead atoms. The van der Waals surface area contributed by atoms with E-state index in [1.54, 1.807) is 23.1 Å². The average molecular weight is 268 g/mol. The monoisotopic (exact) mass is 268 g/mol. The van der Waals surface area contributed by atoms with Crippen LogP contribution in [0.5, 0.6) is 5.75 Å². The zero-order valence-corrected chi connectivity index (χ0v) is 10.7. The molecule has 0 spiro atoms. The first-order valence-corrected chi connectivity index (χ1v) is 6.12. The third-order valence-electron chi connectivity index (χ3n) is 3.28. The summed E-state index contributed by atoms with van der Waals surface area (Å²) in [4.78, 5) is 12.9. The average Bonchev–Trinajstić information content (AvgIpc) is 2.41. The van der Waals surface area contributed by atoms with Gasteiger partial charge in [-0.3, -0.25) is 9.69 Å². The summed E-state index contributed by atoms with van der Waals surface area (Å²) < 4.78 is 19.0. The van der Waals surface area contributed by atoms with E-state index < -0.39 is 17.8 Å². The summed E-state index contributed by atoms with van der Waals surface area (Å²) >= 11 is 0.